The molecule has 8 heteroatoms. The summed E-state index contributed by atoms with van der Waals surface area (Å²) in [5.74, 6) is -1.03. The lowest BCUT2D eigenvalue weighted by Crippen LogP contribution is -2.31. The highest BCUT2D eigenvalue weighted by molar-refractivity contribution is 5.73. The number of nitro groups is 1. The molecule has 0 bridgehead atoms. The Balaban J connectivity index is 2.99. The summed E-state index contributed by atoms with van der Waals surface area (Å²) < 4.78 is 14.9. The summed E-state index contributed by atoms with van der Waals surface area (Å²) in [6, 6.07) is 3.63. The number of carbonyl (C=O) groups is 1. The van der Waals surface area contributed by atoms with Gasteiger partial charge in [0.05, 0.1) is 24.7 Å². The summed E-state index contributed by atoms with van der Waals surface area (Å²) in [6.45, 7) is -0.157. The second-order valence-electron chi connectivity index (χ2n) is 3.49. The molecule has 0 fully saturated rings. The van der Waals surface area contributed by atoms with Crippen LogP contribution < -0.4 is 9.47 Å². The first-order chi connectivity index (χ1) is 8.99. The molecule has 19 heavy (non-hydrogen) atoms. The fraction of sp³-hybridized carbons (Fsp3) is 0.364. The highest BCUT2D eigenvalue weighted by Gasteiger charge is 2.22. The van der Waals surface area contributed by atoms with Gasteiger partial charge in [-0.15, -0.1) is 0 Å². The molecule has 0 saturated carbocycles. The third-order valence-electron chi connectivity index (χ3n) is 2.22. The number of non-ortho nitro benzene ring substituents is 1. The van der Waals surface area contributed by atoms with Gasteiger partial charge in [-0.25, -0.2) is 4.79 Å². The van der Waals surface area contributed by atoms with Crippen LogP contribution in [0, 0.1) is 10.1 Å². The Morgan fingerprint density at radius 2 is 2.11 bits per heavy atom. The highest BCUT2D eigenvalue weighted by Crippen LogP contribution is 2.31. The molecular weight excluding hydrogens is 258 g/mol. The number of methoxy groups -OCH3 is 2. The molecule has 104 valence electrons. The maximum atomic E-state index is 10.9. The van der Waals surface area contributed by atoms with E-state index < -0.39 is 17.0 Å². The van der Waals surface area contributed by atoms with Crippen molar-refractivity contribution in [1.82, 2.24) is 0 Å². The standard InChI is InChI=1S/C11H13NO7/c1-17-6-10(11(13)14)19-8-4-3-7(12(15)16)5-9(8)18-2/h3-5,10H,6H2,1-2H3,(H,13,14). The first-order valence-electron chi connectivity index (χ1n) is 5.20. The minimum Gasteiger partial charge on any atom is -0.493 e. The van der Waals surface area contributed by atoms with Crippen molar-refractivity contribution in [3.63, 3.8) is 0 Å². The van der Waals surface area contributed by atoms with Crippen LogP contribution in [0.2, 0.25) is 0 Å². The molecule has 1 aromatic carbocycles. The molecule has 0 aromatic heterocycles. The van der Waals surface area contributed by atoms with Gasteiger partial charge in [-0.05, 0) is 6.07 Å². The van der Waals surface area contributed by atoms with E-state index in [0.29, 0.717) is 0 Å². The predicted octanol–water partition coefficient (Wildman–Crippen LogP) is 1.08. The molecule has 0 radical (unpaired) electrons. The third kappa shape index (κ3) is 3.81. The van der Waals surface area contributed by atoms with Crippen LogP contribution in [0.4, 0.5) is 5.69 Å². The van der Waals surface area contributed by atoms with Crippen molar-refractivity contribution in [3.8, 4) is 11.5 Å². The molecule has 1 atom stereocenters. The molecule has 1 rings (SSSR count). The van der Waals surface area contributed by atoms with Gasteiger partial charge in [0.25, 0.3) is 5.69 Å². The van der Waals surface area contributed by atoms with Crippen molar-refractivity contribution in [2.24, 2.45) is 0 Å². The van der Waals surface area contributed by atoms with Crippen LogP contribution in [0.1, 0.15) is 0 Å². The van der Waals surface area contributed by atoms with E-state index in [-0.39, 0.29) is 23.8 Å². The first-order valence-corrected chi connectivity index (χ1v) is 5.20. The van der Waals surface area contributed by atoms with Crippen LogP contribution in [0.15, 0.2) is 18.2 Å². The van der Waals surface area contributed by atoms with Gasteiger partial charge >= 0.3 is 5.97 Å². The van der Waals surface area contributed by atoms with Crippen molar-refractivity contribution in [3.05, 3.63) is 28.3 Å². The van der Waals surface area contributed by atoms with E-state index in [0.717, 1.165) is 6.07 Å². The van der Waals surface area contributed by atoms with Crippen LogP contribution in [0.5, 0.6) is 11.5 Å². The second-order valence-corrected chi connectivity index (χ2v) is 3.49. The van der Waals surface area contributed by atoms with Crippen LogP contribution in [0.25, 0.3) is 0 Å². The number of rotatable bonds is 7. The Labute approximate surface area is 108 Å². The summed E-state index contributed by atoms with van der Waals surface area (Å²) in [4.78, 5) is 20.9. The van der Waals surface area contributed by atoms with Gasteiger partial charge in [0.1, 0.15) is 0 Å². The minimum atomic E-state index is -1.22. The van der Waals surface area contributed by atoms with Gasteiger partial charge in [-0.3, -0.25) is 10.1 Å². The van der Waals surface area contributed by atoms with Gasteiger partial charge in [0, 0.05) is 13.2 Å². The Hall–Kier alpha value is -2.35. The SMILES string of the molecule is COCC(Oc1ccc([N+](=O)[O-])cc1OC)C(=O)O. The van der Waals surface area contributed by atoms with Gasteiger partial charge in [0.2, 0.25) is 6.10 Å². The molecule has 0 saturated heterocycles. The Bertz CT molecular complexity index is 474. The number of nitrogens with zero attached hydrogens (tertiary/aromatic N) is 1. The van der Waals surface area contributed by atoms with Crippen molar-refractivity contribution >= 4 is 11.7 Å². The molecule has 0 aliphatic carbocycles. The van der Waals surface area contributed by atoms with E-state index in [1.807, 2.05) is 0 Å². The van der Waals surface area contributed by atoms with Gasteiger partial charge in [-0.2, -0.15) is 0 Å². The zero-order valence-electron chi connectivity index (χ0n) is 10.4. The van der Waals surface area contributed by atoms with Crippen LogP contribution >= 0.6 is 0 Å². The zero-order valence-corrected chi connectivity index (χ0v) is 10.4. The molecule has 0 spiro atoms. The first kappa shape index (κ1) is 14.7. The summed E-state index contributed by atoms with van der Waals surface area (Å²) >= 11 is 0. The molecule has 1 aromatic rings. The molecule has 0 heterocycles. The zero-order chi connectivity index (χ0) is 14.4. The average molecular weight is 271 g/mol. The number of carboxylic acids is 1. The average Bonchev–Trinajstić information content (AvgIpc) is 2.38. The fourth-order valence-corrected chi connectivity index (χ4v) is 1.33. The second kappa shape index (κ2) is 6.55. The lowest BCUT2D eigenvalue weighted by Gasteiger charge is -2.16. The Kier molecular flexibility index (Phi) is 5.07. The van der Waals surface area contributed by atoms with Gasteiger partial charge < -0.3 is 19.3 Å². The number of aliphatic carboxylic acids is 1. The van der Waals surface area contributed by atoms with E-state index in [4.69, 9.17) is 19.3 Å². The van der Waals surface area contributed by atoms with Crippen LogP contribution in [-0.2, 0) is 9.53 Å². The maximum absolute atomic E-state index is 10.9. The summed E-state index contributed by atoms with van der Waals surface area (Å²) in [5, 5.41) is 19.5. The minimum absolute atomic E-state index is 0.0801. The number of carboxylic acid groups (broad SMARTS) is 1. The number of nitro benzene ring substituents is 1. The monoisotopic (exact) mass is 271 g/mol. The van der Waals surface area contributed by atoms with Crippen LogP contribution in [-0.4, -0.2) is 42.9 Å². The molecule has 0 aliphatic rings. The summed E-state index contributed by atoms with van der Waals surface area (Å²) in [5.41, 5.74) is -0.178. The largest absolute Gasteiger partial charge is 0.493 e. The van der Waals surface area contributed by atoms with Crippen molar-refractivity contribution in [2.75, 3.05) is 20.8 Å². The smallest absolute Gasteiger partial charge is 0.347 e. The Morgan fingerprint density at radius 3 is 2.58 bits per heavy atom. The molecular formula is C11H13NO7. The molecule has 8 nitrogen and oxygen atoms in total. The van der Waals surface area contributed by atoms with E-state index in [2.05, 4.69) is 0 Å². The van der Waals surface area contributed by atoms with Crippen molar-refractivity contribution in [1.29, 1.82) is 0 Å². The Morgan fingerprint density at radius 1 is 1.42 bits per heavy atom. The predicted molar refractivity (Wildman–Crippen MR) is 63.6 cm³/mol. The normalized spacial score (nSPS) is 11.7. The number of ether oxygens (including phenoxy) is 3. The number of hydrogen-bond donors (Lipinski definition) is 1. The van der Waals surface area contributed by atoms with E-state index in [1.54, 1.807) is 0 Å². The molecule has 0 amide bonds. The summed E-state index contributed by atoms with van der Waals surface area (Å²) in [7, 11) is 2.64. The van der Waals surface area contributed by atoms with Crippen LogP contribution in [0.3, 0.4) is 0 Å². The fourth-order valence-electron chi connectivity index (χ4n) is 1.33. The van der Waals surface area contributed by atoms with Crippen molar-refractivity contribution < 1.29 is 29.0 Å². The summed E-state index contributed by atoms with van der Waals surface area (Å²) in [6.07, 6.45) is -1.22. The molecule has 1 unspecified atom stereocenters. The lowest BCUT2D eigenvalue weighted by atomic mass is 10.2. The van der Waals surface area contributed by atoms with E-state index >= 15 is 0 Å². The van der Waals surface area contributed by atoms with Gasteiger partial charge in [-0.1, -0.05) is 0 Å². The van der Waals surface area contributed by atoms with Gasteiger partial charge in [0.15, 0.2) is 11.5 Å². The highest BCUT2D eigenvalue weighted by atomic mass is 16.6. The molecule has 0 aliphatic heterocycles. The molecule has 1 N–H and O–H groups in total. The van der Waals surface area contributed by atoms with E-state index in [9.17, 15) is 14.9 Å². The maximum Gasteiger partial charge on any atom is 0.347 e. The topological polar surface area (TPSA) is 108 Å². The third-order valence-corrected chi connectivity index (χ3v) is 2.22. The lowest BCUT2D eigenvalue weighted by molar-refractivity contribution is -0.385. The quantitative estimate of drug-likeness (QED) is 0.583. The number of hydrogen-bond acceptors (Lipinski definition) is 6. The van der Waals surface area contributed by atoms with E-state index in [1.165, 1.54) is 26.4 Å². The van der Waals surface area contributed by atoms with Crippen molar-refractivity contribution in [2.45, 2.75) is 6.10 Å². The number of benzene rings is 1.